The first-order chi connectivity index (χ1) is 28.1. The van der Waals surface area contributed by atoms with Gasteiger partial charge >= 0.3 is 12.1 Å². The van der Waals surface area contributed by atoms with Crippen molar-refractivity contribution < 1.29 is 36.7 Å². The molecule has 14 nitrogen and oxygen atoms in total. The van der Waals surface area contributed by atoms with Gasteiger partial charge in [-0.3, -0.25) is 14.6 Å². The lowest BCUT2D eigenvalue weighted by Crippen LogP contribution is -2.49. The monoisotopic (exact) mass is 874 g/mol. The minimum absolute atomic E-state index is 0.185. The molecule has 4 aliphatic heterocycles. The molecule has 304 valence electrons. The molecule has 8 rings (SSSR count). The molecule has 0 unspecified atom stereocenters. The van der Waals surface area contributed by atoms with Gasteiger partial charge in [0, 0.05) is 80.4 Å². The molecule has 4 aromatic rings. The van der Waals surface area contributed by atoms with Gasteiger partial charge in [-0.05, 0) is 86.2 Å². The van der Waals surface area contributed by atoms with Gasteiger partial charge in [0.25, 0.3) is 11.8 Å². The molecule has 2 atom stereocenters. The molecule has 2 aromatic carbocycles. The molecule has 2 fully saturated rings. The third kappa shape index (κ3) is 10.4. The number of urea groups is 2. The van der Waals surface area contributed by atoms with Crippen molar-refractivity contribution in [2.24, 2.45) is 21.7 Å². The quantitative estimate of drug-likeness (QED) is 0.174. The van der Waals surface area contributed by atoms with Crippen LogP contribution in [0.5, 0.6) is 0 Å². The highest BCUT2D eigenvalue weighted by Crippen LogP contribution is 2.33. The summed E-state index contributed by atoms with van der Waals surface area (Å²) in [5.41, 5.74) is 14.1. The Labute approximate surface area is 343 Å². The Balaban J connectivity index is 0.000000168. The van der Waals surface area contributed by atoms with Crippen LogP contribution in [-0.2, 0) is 0 Å². The number of amides is 6. The van der Waals surface area contributed by atoms with Gasteiger partial charge in [-0.15, -0.1) is 0 Å². The van der Waals surface area contributed by atoms with Gasteiger partial charge in [-0.25, -0.2) is 42.2 Å². The standard InChI is InChI=1S/C20H17F2N5O2.C14H13F2N3O.C6H5BrN2O/c21-15-6-14(7-16(22)8-15)18-3-4-25-27(18)20(29)26-10-13(11-26)5-12-1-2-17(19(23)28)24-9-12;1-9-7-18(8-9)14(20)19-13(2-3-17-19)10-4-11(15)6-12(16)5-10;7-4-1-2-5(6(8)10)9-3-4/h1-2,4-9,18H,3,10-11H2,(H2,23,28);3-6,13H,1-2,7-8H2;1-3H,(H2,8,10)/t18-;13-;/m00./s1. The number of rotatable bonds is 5. The predicted octanol–water partition coefficient (Wildman–Crippen LogP) is 6.34. The number of carbonyl (C=O) groups excluding carboxylic acids is 4. The van der Waals surface area contributed by atoms with Gasteiger partial charge < -0.3 is 21.3 Å². The first-order valence-electron chi connectivity index (χ1n) is 17.8. The number of halogens is 5. The smallest absolute Gasteiger partial charge is 0.341 e. The lowest BCUT2D eigenvalue weighted by molar-refractivity contribution is 0.0987. The van der Waals surface area contributed by atoms with Crippen LogP contribution < -0.4 is 11.5 Å². The highest BCUT2D eigenvalue weighted by Gasteiger charge is 2.37. The van der Waals surface area contributed by atoms with E-state index in [1.54, 1.807) is 40.4 Å². The second-order valence-corrected chi connectivity index (χ2v) is 14.5. The summed E-state index contributed by atoms with van der Waals surface area (Å²) in [4.78, 5) is 57.4. The van der Waals surface area contributed by atoms with Crippen LogP contribution in [0.15, 0.2) is 105 Å². The lowest BCUT2D eigenvalue weighted by Gasteiger charge is -2.37. The molecule has 0 spiro atoms. The summed E-state index contributed by atoms with van der Waals surface area (Å²) < 4.78 is 54.5. The largest absolute Gasteiger partial charge is 0.364 e. The number of hydrogen-bond donors (Lipinski definition) is 2. The van der Waals surface area contributed by atoms with E-state index >= 15 is 0 Å². The Morgan fingerprint density at radius 3 is 1.49 bits per heavy atom. The number of primary amides is 2. The van der Waals surface area contributed by atoms with Crippen molar-refractivity contribution in [1.29, 1.82) is 0 Å². The number of aromatic nitrogens is 2. The van der Waals surface area contributed by atoms with Gasteiger partial charge in [0.15, 0.2) is 0 Å². The summed E-state index contributed by atoms with van der Waals surface area (Å²) >= 11 is 3.18. The highest BCUT2D eigenvalue weighted by molar-refractivity contribution is 9.10. The summed E-state index contributed by atoms with van der Waals surface area (Å²) in [7, 11) is 0. The number of hydrazone groups is 2. The third-order valence-electron chi connectivity index (χ3n) is 9.14. The van der Waals surface area contributed by atoms with Crippen LogP contribution in [-0.4, -0.2) is 92.3 Å². The van der Waals surface area contributed by atoms with Crippen LogP contribution in [0.25, 0.3) is 6.08 Å². The fourth-order valence-electron chi connectivity index (χ4n) is 6.27. The van der Waals surface area contributed by atoms with Crippen LogP contribution in [0.2, 0.25) is 0 Å². The van der Waals surface area contributed by atoms with Crippen molar-refractivity contribution in [2.75, 3.05) is 26.2 Å². The van der Waals surface area contributed by atoms with E-state index in [9.17, 15) is 36.7 Å². The van der Waals surface area contributed by atoms with Crippen molar-refractivity contribution in [3.63, 3.8) is 0 Å². The van der Waals surface area contributed by atoms with E-state index in [-0.39, 0.29) is 23.5 Å². The summed E-state index contributed by atoms with van der Waals surface area (Å²) in [6.45, 7) is 5.61. The Bertz CT molecular complexity index is 2320. The summed E-state index contributed by atoms with van der Waals surface area (Å²) in [6, 6.07) is 11.5. The van der Waals surface area contributed by atoms with Crippen molar-refractivity contribution in [2.45, 2.75) is 24.9 Å². The second-order valence-electron chi connectivity index (χ2n) is 13.6. The maximum absolute atomic E-state index is 13.5. The molecule has 4 aliphatic rings. The van der Waals surface area contributed by atoms with E-state index in [1.165, 1.54) is 52.7 Å². The topological polar surface area (TPSA) is 184 Å². The molecule has 4 N–H and O–H groups in total. The number of nitrogens with zero attached hydrogens (tertiary/aromatic N) is 8. The van der Waals surface area contributed by atoms with Crippen LogP contribution in [0, 0.1) is 23.3 Å². The normalized spacial score (nSPS) is 17.6. The Morgan fingerprint density at radius 1 is 0.661 bits per heavy atom. The molecule has 2 aromatic heterocycles. The molecule has 59 heavy (non-hydrogen) atoms. The van der Waals surface area contributed by atoms with Gasteiger partial charge in [0.2, 0.25) is 0 Å². The zero-order chi connectivity index (χ0) is 42.4. The summed E-state index contributed by atoms with van der Waals surface area (Å²) in [5, 5.41) is 10.6. The van der Waals surface area contributed by atoms with Crippen LogP contribution >= 0.6 is 15.9 Å². The van der Waals surface area contributed by atoms with Gasteiger partial charge in [0.1, 0.15) is 34.7 Å². The molecule has 19 heteroatoms. The molecular weight excluding hydrogens is 840 g/mol. The van der Waals surface area contributed by atoms with Crippen molar-refractivity contribution in [3.05, 3.63) is 147 Å². The molecule has 0 bridgehead atoms. The second kappa shape index (κ2) is 18.2. The average molecular weight is 876 g/mol. The molecule has 2 saturated heterocycles. The van der Waals surface area contributed by atoms with Crippen LogP contribution in [0.1, 0.15) is 62.6 Å². The third-order valence-corrected chi connectivity index (χ3v) is 9.61. The number of benzene rings is 2. The first kappa shape index (κ1) is 41.9. The molecule has 6 heterocycles. The maximum atomic E-state index is 13.5. The van der Waals surface area contributed by atoms with E-state index in [2.05, 4.69) is 42.7 Å². The SMILES string of the molecule is C=C1CN(C(=O)N2N=CC[C@H]2c2cc(F)cc(F)c2)C1.NC(=O)c1ccc(Br)cn1.NC(=O)c1ccc(C=C2CN(C(=O)N3N=CC[C@H]3c3cc(F)cc(F)c3)C2)cn1. The molecule has 0 aliphatic carbocycles. The van der Waals surface area contributed by atoms with Crippen LogP contribution in [0.4, 0.5) is 27.2 Å². The van der Waals surface area contributed by atoms with E-state index < -0.39 is 47.2 Å². The Hall–Kier alpha value is -6.76. The zero-order valence-corrected chi connectivity index (χ0v) is 32.6. The zero-order valence-electron chi connectivity index (χ0n) is 31.0. The molecule has 0 radical (unpaired) electrons. The molecular formula is C40H35BrF4N10O4. The van der Waals surface area contributed by atoms with E-state index in [1.807, 2.05) is 6.08 Å². The number of likely N-dealkylation sites (tertiary alicyclic amines) is 2. The van der Waals surface area contributed by atoms with E-state index in [0.29, 0.717) is 50.1 Å². The maximum Gasteiger partial charge on any atom is 0.341 e. The molecule has 0 saturated carbocycles. The number of pyridine rings is 2. The molecule has 6 amide bonds. The van der Waals surface area contributed by atoms with Gasteiger partial charge in [0.05, 0.1) is 12.1 Å². The lowest BCUT2D eigenvalue weighted by atomic mass is 10.0. The average Bonchev–Trinajstić information content (AvgIpc) is 3.86. The number of hydrogen-bond acceptors (Lipinski definition) is 8. The van der Waals surface area contributed by atoms with E-state index in [4.69, 9.17) is 11.5 Å². The van der Waals surface area contributed by atoms with Crippen molar-refractivity contribution in [3.8, 4) is 0 Å². The fraction of sp³-hybridized carbons (Fsp3) is 0.200. The van der Waals surface area contributed by atoms with Crippen LogP contribution in [0.3, 0.4) is 0 Å². The van der Waals surface area contributed by atoms with Crippen molar-refractivity contribution in [1.82, 2.24) is 29.8 Å². The number of carbonyl (C=O) groups is 4. The fourth-order valence-corrected chi connectivity index (χ4v) is 6.50. The van der Waals surface area contributed by atoms with Gasteiger partial charge in [-0.1, -0.05) is 18.7 Å². The Morgan fingerprint density at radius 2 is 1.10 bits per heavy atom. The predicted molar refractivity (Wildman–Crippen MR) is 212 cm³/mol. The summed E-state index contributed by atoms with van der Waals surface area (Å²) in [5.74, 6) is -3.79. The minimum atomic E-state index is -0.690. The van der Waals surface area contributed by atoms with E-state index in [0.717, 1.165) is 33.3 Å². The van der Waals surface area contributed by atoms with Crippen molar-refractivity contribution >= 4 is 58.3 Å². The van der Waals surface area contributed by atoms with Gasteiger partial charge in [-0.2, -0.15) is 10.2 Å². The minimum Gasteiger partial charge on any atom is -0.364 e. The highest BCUT2D eigenvalue weighted by atomic mass is 79.9. The number of nitrogens with two attached hydrogens (primary N) is 2. The summed E-state index contributed by atoms with van der Waals surface area (Å²) in [6.07, 6.45) is 8.94. The first-order valence-corrected chi connectivity index (χ1v) is 18.6. The Kier molecular flexibility index (Phi) is 12.9.